The maximum absolute atomic E-state index is 13.5. The highest BCUT2D eigenvalue weighted by Crippen LogP contribution is 2.30. The second kappa shape index (κ2) is 13.5. The zero-order chi connectivity index (χ0) is 27.9. The molecule has 3 rings (SSSR count). The number of carbonyl (C=O) groups excluding carboxylic acids is 2. The fourth-order valence-corrected chi connectivity index (χ4v) is 5.92. The molecule has 2 amide bonds. The first-order chi connectivity index (χ1) is 18.0. The Morgan fingerprint density at radius 1 is 1.11 bits per heavy atom. The summed E-state index contributed by atoms with van der Waals surface area (Å²) in [7, 11) is -2.16. The highest BCUT2D eigenvalue weighted by atomic mass is 35.5. The summed E-state index contributed by atoms with van der Waals surface area (Å²) in [5.74, 6) is -0.0570. The van der Waals surface area contributed by atoms with Gasteiger partial charge in [-0.2, -0.15) is 0 Å². The van der Waals surface area contributed by atoms with Crippen molar-refractivity contribution in [1.82, 2.24) is 10.2 Å². The molecule has 0 aliphatic heterocycles. The molecular formula is C27H35Cl2N3O5S. The van der Waals surface area contributed by atoms with Gasteiger partial charge in [0.2, 0.25) is 21.8 Å². The minimum atomic E-state index is -3.63. The first-order valence-electron chi connectivity index (χ1n) is 12.7. The summed E-state index contributed by atoms with van der Waals surface area (Å²) in [5.41, 5.74) is 1.14. The van der Waals surface area contributed by atoms with E-state index in [1.807, 2.05) is 0 Å². The second-order valence-electron chi connectivity index (χ2n) is 9.55. The molecular weight excluding hydrogens is 549 g/mol. The van der Waals surface area contributed by atoms with Gasteiger partial charge in [0.05, 0.1) is 29.1 Å². The van der Waals surface area contributed by atoms with Crippen LogP contribution in [0.3, 0.4) is 0 Å². The Morgan fingerprint density at radius 3 is 2.42 bits per heavy atom. The van der Waals surface area contributed by atoms with Crippen LogP contribution in [0.4, 0.5) is 5.69 Å². The molecule has 1 N–H and O–H groups in total. The van der Waals surface area contributed by atoms with Crippen molar-refractivity contribution in [2.75, 3.05) is 24.2 Å². The third-order valence-corrected chi connectivity index (χ3v) is 8.63. The third-order valence-electron chi connectivity index (χ3n) is 6.71. The highest BCUT2D eigenvalue weighted by molar-refractivity contribution is 7.92. The summed E-state index contributed by atoms with van der Waals surface area (Å²) >= 11 is 12.2. The van der Waals surface area contributed by atoms with Gasteiger partial charge >= 0.3 is 0 Å². The Kier molecular flexibility index (Phi) is 10.7. The molecule has 1 fully saturated rings. The van der Waals surface area contributed by atoms with Gasteiger partial charge in [-0.3, -0.25) is 13.9 Å². The van der Waals surface area contributed by atoms with Crippen LogP contribution in [0.2, 0.25) is 10.0 Å². The monoisotopic (exact) mass is 583 g/mol. The molecule has 208 valence electrons. The summed E-state index contributed by atoms with van der Waals surface area (Å²) in [6.45, 7) is 1.95. The van der Waals surface area contributed by atoms with E-state index in [0.29, 0.717) is 21.5 Å². The molecule has 0 heterocycles. The largest absolute Gasteiger partial charge is 0.495 e. The van der Waals surface area contributed by atoms with Gasteiger partial charge in [0.15, 0.2) is 0 Å². The molecule has 0 unspecified atom stereocenters. The van der Waals surface area contributed by atoms with E-state index >= 15 is 0 Å². The van der Waals surface area contributed by atoms with E-state index in [2.05, 4.69) is 5.32 Å². The number of hydrogen-bond donors (Lipinski definition) is 1. The van der Waals surface area contributed by atoms with E-state index in [1.54, 1.807) is 49.4 Å². The van der Waals surface area contributed by atoms with Gasteiger partial charge in [-0.15, -0.1) is 0 Å². The van der Waals surface area contributed by atoms with Crippen LogP contribution in [0.25, 0.3) is 0 Å². The van der Waals surface area contributed by atoms with Crippen molar-refractivity contribution < 1.29 is 22.7 Å². The minimum absolute atomic E-state index is 0.0452. The number of halogens is 2. The number of benzene rings is 2. The van der Waals surface area contributed by atoms with Gasteiger partial charge in [-0.1, -0.05) is 54.2 Å². The Labute approximate surface area is 235 Å². The normalized spacial score (nSPS) is 14.7. The number of nitrogens with one attached hydrogen (secondary N) is 1. The first kappa shape index (κ1) is 30.1. The lowest BCUT2D eigenvalue weighted by Crippen LogP contribution is -2.49. The van der Waals surface area contributed by atoms with Crippen LogP contribution in [-0.4, -0.2) is 57.1 Å². The van der Waals surface area contributed by atoms with Gasteiger partial charge in [0.25, 0.3) is 0 Å². The molecule has 0 bridgehead atoms. The lowest BCUT2D eigenvalue weighted by atomic mass is 10.1. The molecule has 1 atom stereocenters. The molecule has 0 spiro atoms. The van der Waals surface area contributed by atoms with Gasteiger partial charge < -0.3 is 15.0 Å². The Morgan fingerprint density at radius 2 is 1.79 bits per heavy atom. The highest BCUT2D eigenvalue weighted by Gasteiger charge is 2.29. The summed E-state index contributed by atoms with van der Waals surface area (Å²) < 4.78 is 31.7. The number of methoxy groups -OCH3 is 1. The number of hydrogen-bond acceptors (Lipinski definition) is 5. The SMILES string of the molecule is COc1ccccc1N(CCCC(=O)N(Cc1ccc(Cl)c(Cl)c1)[C@H](C)C(=O)NC1CCCC1)S(C)(=O)=O. The van der Waals surface area contributed by atoms with Crippen LogP contribution in [-0.2, 0) is 26.2 Å². The molecule has 0 aromatic heterocycles. The van der Waals surface area contributed by atoms with Gasteiger partial charge in [-0.25, -0.2) is 8.42 Å². The molecule has 0 saturated heterocycles. The Bertz CT molecular complexity index is 1230. The molecule has 1 saturated carbocycles. The van der Waals surface area contributed by atoms with Crippen LogP contribution in [0, 0.1) is 0 Å². The van der Waals surface area contributed by atoms with E-state index < -0.39 is 16.1 Å². The fraction of sp³-hybridized carbons (Fsp3) is 0.481. The number of rotatable bonds is 12. The number of para-hydroxylation sites is 2. The summed E-state index contributed by atoms with van der Waals surface area (Å²) in [6.07, 6.45) is 5.44. The molecule has 0 radical (unpaired) electrons. The third kappa shape index (κ3) is 8.01. The zero-order valence-electron chi connectivity index (χ0n) is 22.0. The molecule has 2 aromatic rings. The van der Waals surface area contributed by atoms with Crippen molar-refractivity contribution in [3.63, 3.8) is 0 Å². The van der Waals surface area contributed by atoms with Crippen LogP contribution in [0.15, 0.2) is 42.5 Å². The van der Waals surface area contributed by atoms with Gasteiger partial charge in [0.1, 0.15) is 11.8 Å². The Balaban J connectivity index is 1.75. The predicted octanol–water partition coefficient (Wildman–Crippen LogP) is 5.02. The number of amides is 2. The summed E-state index contributed by atoms with van der Waals surface area (Å²) in [4.78, 5) is 28.1. The first-order valence-corrected chi connectivity index (χ1v) is 15.3. The molecule has 38 heavy (non-hydrogen) atoms. The second-order valence-corrected chi connectivity index (χ2v) is 12.3. The van der Waals surface area contributed by atoms with Crippen LogP contribution >= 0.6 is 23.2 Å². The van der Waals surface area contributed by atoms with E-state index in [0.717, 1.165) is 37.5 Å². The molecule has 2 aromatic carbocycles. The van der Waals surface area contributed by atoms with E-state index in [1.165, 1.54) is 16.3 Å². The van der Waals surface area contributed by atoms with E-state index in [4.69, 9.17) is 27.9 Å². The van der Waals surface area contributed by atoms with Crippen molar-refractivity contribution in [2.24, 2.45) is 0 Å². The van der Waals surface area contributed by atoms with Crippen molar-refractivity contribution in [3.05, 3.63) is 58.1 Å². The predicted molar refractivity (Wildman–Crippen MR) is 151 cm³/mol. The maximum atomic E-state index is 13.5. The minimum Gasteiger partial charge on any atom is -0.495 e. The summed E-state index contributed by atoms with van der Waals surface area (Å²) in [6, 6.07) is 11.3. The van der Waals surface area contributed by atoms with E-state index in [9.17, 15) is 18.0 Å². The smallest absolute Gasteiger partial charge is 0.242 e. The van der Waals surface area contributed by atoms with Crippen molar-refractivity contribution in [1.29, 1.82) is 0 Å². The maximum Gasteiger partial charge on any atom is 0.242 e. The summed E-state index contributed by atoms with van der Waals surface area (Å²) in [5, 5.41) is 3.83. The van der Waals surface area contributed by atoms with Crippen LogP contribution in [0.1, 0.15) is 51.0 Å². The van der Waals surface area contributed by atoms with Gasteiger partial charge in [-0.05, 0) is 56.0 Å². The lowest BCUT2D eigenvalue weighted by Gasteiger charge is -2.30. The van der Waals surface area contributed by atoms with Gasteiger partial charge in [0, 0.05) is 25.6 Å². The quantitative estimate of drug-likeness (QED) is 0.378. The van der Waals surface area contributed by atoms with E-state index in [-0.39, 0.29) is 43.8 Å². The topological polar surface area (TPSA) is 96.0 Å². The van der Waals surface area contributed by atoms with Crippen LogP contribution < -0.4 is 14.4 Å². The molecule has 8 nitrogen and oxygen atoms in total. The zero-order valence-corrected chi connectivity index (χ0v) is 24.3. The standard InChI is InChI=1S/C27H35Cl2N3O5S/c1-19(27(34)30-21-9-4-5-10-21)31(18-20-14-15-22(28)23(29)17-20)26(33)13-8-16-32(38(3,35)36)24-11-6-7-12-25(24)37-2/h6-7,11-12,14-15,17,19,21H,4-5,8-10,13,16,18H2,1-3H3,(H,30,34)/t19-/m1/s1. The molecule has 1 aliphatic carbocycles. The molecule has 11 heteroatoms. The van der Waals surface area contributed by atoms with Crippen molar-refractivity contribution in [2.45, 2.75) is 64.1 Å². The fourth-order valence-electron chi connectivity index (χ4n) is 4.63. The number of ether oxygens (including phenoxy) is 1. The number of carbonyl (C=O) groups is 2. The van der Waals surface area contributed by atoms with Crippen LogP contribution in [0.5, 0.6) is 5.75 Å². The van der Waals surface area contributed by atoms with Crippen molar-refractivity contribution in [3.8, 4) is 5.75 Å². The lowest BCUT2D eigenvalue weighted by molar-refractivity contribution is -0.141. The molecule has 1 aliphatic rings. The number of nitrogens with zero attached hydrogens (tertiary/aromatic N) is 2. The number of sulfonamides is 1. The van der Waals surface area contributed by atoms with Crippen molar-refractivity contribution >= 4 is 50.7 Å². The number of anilines is 1. The average molecular weight is 585 g/mol. The average Bonchev–Trinajstić information content (AvgIpc) is 3.39. The Hall–Kier alpha value is -2.49.